The third-order valence-electron chi connectivity index (χ3n) is 4.05. The highest BCUT2D eigenvalue weighted by Gasteiger charge is 2.23. The number of rotatable bonds is 2. The Kier molecular flexibility index (Phi) is 3.65. The van der Waals surface area contributed by atoms with E-state index in [4.69, 9.17) is 0 Å². The van der Waals surface area contributed by atoms with Crippen molar-refractivity contribution in [3.05, 3.63) is 42.1 Å². The number of fused-ring (bicyclic) bond motifs is 1. The number of nitrogens with zero attached hydrogens (tertiary/aromatic N) is 2. The lowest BCUT2D eigenvalue weighted by atomic mass is 10.0. The standard InChI is InChI=1S/C16H19N3O/c1-19(12-7-10-17-11-8-12)16(20)14-4-2-6-15-13(14)5-3-9-18-15/h2-6,9,12,17H,7-8,10-11H2,1H3. The molecule has 0 radical (unpaired) electrons. The average molecular weight is 269 g/mol. The molecule has 1 aromatic carbocycles. The van der Waals surface area contributed by atoms with Gasteiger partial charge >= 0.3 is 0 Å². The van der Waals surface area contributed by atoms with Crippen molar-refractivity contribution in [2.45, 2.75) is 18.9 Å². The molecule has 20 heavy (non-hydrogen) atoms. The van der Waals surface area contributed by atoms with Gasteiger partial charge in [0.15, 0.2) is 0 Å². The van der Waals surface area contributed by atoms with Gasteiger partial charge < -0.3 is 10.2 Å². The van der Waals surface area contributed by atoms with Gasteiger partial charge in [-0.2, -0.15) is 0 Å². The van der Waals surface area contributed by atoms with Gasteiger partial charge in [-0.25, -0.2) is 0 Å². The zero-order valence-electron chi connectivity index (χ0n) is 11.7. The first-order valence-electron chi connectivity index (χ1n) is 7.09. The molecule has 0 bridgehead atoms. The van der Waals surface area contributed by atoms with Crippen LogP contribution in [-0.4, -0.2) is 42.0 Å². The molecule has 4 nitrogen and oxygen atoms in total. The second kappa shape index (κ2) is 5.59. The molecule has 3 rings (SSSR count). The maximum atomic E-state index is 12.7. The molecule has 1 amide bonds. The van der Waals surface area contributed by atoms with Crippen LogP contribution in [0.25, 0.3) is 10.9 Å². The molecule has 1 saturated heterocycles. The normalized spacial score (nSPS) is 16.2. The van der Waals surface area contributed by atoms with Gasteiger partial charge in [0.2, 0.25) is 0 Å². The van der Waals surface area contributed by atoms with Crippen LogP contribution in [0.1, 0.15) is 23.2 Å². The van der Waals surface area contributed by atoms with Gasteiger partial charge in [0, 0.05) is 30.2 Å². The van der Waals surface area contributed by atoms with Crippen LogP contribution in [0.4, 0.5) is 0 Å². The van der Waals surface area contributed by atoms with Crippen LogP contribution >= 0.6 is 0 Å². The van der Waals surface area contributed by atoms with E-state index < -0.39 is 0 Å². The summed E-state index contributed by atoms with van der Waals surface area (Å²) in [5.74, 6) is 0.0931. The van der Waals surface area contributed by atoms with Gasteiger partial charge in [0.1, 0.15) is 0 Å². The molecule has 4 heteroatoms. The number of benzene rings is 1. The second-order valence-electron chi connectivity index (χ2n) is 5.27. The quantitative estimate of drug-likeness (QED) is 0.907. The molecule has 1 fully saturated rings. The molecule has 0 unspecified atom stereocenters. The van der Waals surface area contributed by atoms with Crippen LogP contribution in [0.15, 0.2) is 36.5 Å². The Bertz CT molecular complexity index is 615. The Morgan fingerprint density at radius 3 is 2.85 bits per heavy atom. The maximum Gasteiger partial charge on any atom is 0.254 e. The van der Waals surface area contributed by atoms with E-state index in [2.05, 4.69) is 10.3 Å². The lowest BCUT2D eigenvalue weighted by Gasteiger charge is -2.32. The van der Waals surface area contributed by atoms with Crippen LogP contribution < -0.4 is 5.32 Å². The van der Waals surface area contributed by atoms with E-state index >= 15 is 0 Å². The molecule has 2 heterocycles. The monoisotopic (exact) mass is 269 g/mol. The minimum Gasteiger partial charge on any atom is -0.339 e. The van der Waals surface area contributed by atoms with E-state index in [1.807, 2.05) is 42.3 Å². The number of nitrogens with one attached hydrogen (secondary N) is 1. The van der Waals surface area contributed by atoms with Gasteiger partial charge in [0.05, 0.1) is 5.52 Å². The predicted molar refractivity (Wildman–Crippen MR) is 79.7 cm³/mol. The number of amides is 1. The summed E-state index contributed by atoms with van der Waals surface area (Å²) in [5, 5.41) is 4.26. The van der Waals surface area contributed by atoms with Crippen molar-refractivity contribution in [3.8, 4) is 0 Å². The van der Waals surface area contributed by atoms with E-state index in [0.717, 1.165) is 42.4 Å². The summed E-state index contributed by atoms with van der Waals surface area (Å²) in [4.78, 5) is 18.9. The van der Waals surface area contributed by atoms with Crippen molar-refractivity contribution in [2.75, 3.05) is 20.1 Å². The van der Waals surface area contributed by atoms with Crippen molar-refractivity contribution in [1.82, 2.24) is 15.2 Å². The Morgan fingerprint density at radius 2 is 2.05 bits per heavy atom. The first-order valence-corrected chi connectivity index (χ1v) is 7.09. The smallest absolute Gasteiger partial charge is 0.254 e. The van der Waals surface area contributed by atoms with Crippen molar-refractivity contribution < 1.29 is 4.79 Å². The van der Waals surface area contributed by atoms with Crippen LogP contribution in [0.5, 0.6) is 0 Å². The maximum absolute atomic E-state index is 12.7. The Labute approximate surface area is 118 Å². The Hall–Kier alpha value is -1.94. The molecular formula is C16H19N3O. The van der Waals surface area contributed by atoms with Crippen LogP contribution in [0.3, 0.4) is 0 Å². The van der Waals surface area contributed by atoms with Crippen LogP contribution in [0.2, 0.25) is 0 Å². The summed E-state index contributed by atoms with van der Waals surface area (Å²) in [6, 6.07) is 9.91. The van der Waals surface area contributed by atoms with Crippen molar-refractivity contribution in [3.63, 3.8) is 0 Å². The predicted octanol–water partition coefficient (Wildman–Crippen LogP) is 2.06. The molecule has 1 aliphatic rings. The first-order chi connectivity index (χ1) is 9.77. The number of hydrogen-bond donors (Lipinski definition) is 1. The average Bonchev–Trinajstić information content (AvgIpc) is 2.54. The zero-order chi connectivity index (χ0) is 13.9. The van der Waals surface area contributed by atoms with Crippen LogP contribution in [0, 0.1) is 0 Å². The third kappa shape index (κ3) is 2.39. The molecule has 104 valence electrons. The fourth-order valence-corrected chi connectivity index (χ4v) is 2.84. The third-order valence-corrected chi connectivity index (χ3v) is 4.05. The molecule has 0 atom stereocenters. The summed E-state index contributed by atoms with van der Waals surface area (Å²) >= 11 is 0. The second-order valence-corrected chi connectivity index (χ2v) is 5.27. The fraction of sp³-hybridized carbons (Fsp3) is 0.375. The SMILES string of the molecule is CN(C(=O)c1cccc2ncccc12)C1CCNCC1. The van der Waals surface area contributed by atoms with E-state index in [1.54, 1.807) is 6.20 Å². The van der Waals surface area contributed by atoms with Crippen molar-refractivity contribution >= 4 is 16.8 Å². The van der Waals surface area contributed by atoms with Gasteiger partial charge in [-0.3, -0.25) is 9.78 Å². The molecule has 1 N–H and O–H groups in total. The van der Waals surface area contributed by atoms with E-state index in [0.29, 0.717) is 6.04 Å². The number of pyridine rings is 1. The number of hydrogen-bond acceptors (Lipinski definition) is 3. The van der Waals surface area contributed by atoms with Crippen molar-refractivity contribution in [1.29, 1.82) is 0 Å². The molecule has 1 aliphatic heterocycles. The van der Waals surface area contributed by atoms with Gasteiger partial charge in [-0.15, -0.1) is 0 Å². The molecule has 0 spiro atoms. The zero-order valence-corrected chi connectivity index (χ0v) is 11.7. The highest BCUT2D eigenvalue weighted by atomic mass is 16.2. The van der Waals surface area contributed by atoms with Gasteiger partial charge in [-0.1, -0.05) is 12.1 Å². The number of carbonyl (C=O) groups excluding carboxylic acids is 1. The largest absolute Gasteiger partial charge is 0.339 e. The highest BCUT2D eigenvalue weighted by Crippen LogP contribution is 2.20. The van der Waals surface area contributed by atoms with Gasteiger partial charge in [0.25, 0.3) is 5.91 Å². The first kappa shape index (κ1) is 13.1. The summed E-state index contributed by atoms with van der Waals surface area (Å²) in [5.41, 5.74) is 1.62. The Morgan fingerprint density at radius 1 is 1.25 bits per heavy atom. The van der Waals surface area contributed by atoms with Crippen LogP contribution in [-0.2, 0) is 0 Å². The molecule has 0 aliphatic carbocycles. The topological polar surface area (TPSA) is 45.2 Å². The van der Waals surface area contributed by atoms with Gasteiger partial charge in [-0.05, 0) is 44.1 Å². The number of piperidine rings is 1. The minimum atomic E-state index is 0.0931. The summed E-state index contributed by atoms with van der Waals surface area (Å²) in [6.07, 6.45) is 3.80. The molecule has 2 aromatic rings. The highest BCUT2D eigenvalue weighted by molar-refractivity contribution is 6.06. The van der Waals surface area contributed by atoms with Crippen molar-refractivity contribution in [2.24, 2.45) is 0 Å². The van der Waals surface area contributed by atoms with E-state index in [9.17, 15) is 4.79 Å². The lowest BCUT2D eigenvalue weighted by molar-refractivity contribution is 0.0705. The Balaban J connectivity index is 1.92. The summed E-state index contributed by atoms with van der Waals surface area (Å²) in [7, 11) is 1.91. The molecular weight excluding hydrogens is 250 g/mol. The fourth-order valence-electron chi connectivity index (χ4n) is 2.84. The summed E-state index contributed by atoms with van der Waals surface area (Å²) in [6.45, 7) is 1.97. The minimum absolute atomic E-state index is 0.0931. The molecule has 0 saturated carbocycles. The van der Waals surface area contributed by atoms with E-state index in [1.165, 1.54) is 0 Å². The number of aromatic nitrogens is 1. The number of carbonyl (C=O) groups is 1. The van der Waals surface area contributed by atoms with E-state index in [-0.39, 0.29) is 5.91 Å². The molecule has 1 aromatic heterocycles. The lowest BCUT2D eigenvalue weighted by Crippen LogP contribution is -2.44. The summed E-state index contributed by atoms with van der Waals surface area (Å²) < 4.78 is 0.